The van der Waals surface area contributed by atoms with Crippen molar-refractivity contribution in [2.75, 3.05) is 19.8 Å². The van der Waals surface area contributed by atoms with E-state index in [0.717, 1.165) is 30.0 Å². The van der Waals surface area contributed by atoms with Gasteiger partial charge < -0.3 is 14.8 Å². The summed E-state index contributed by atoms with van der Waals surface area (Å²) < 4.78 is 11.1. The van der Waals surface area contributed by atoms with Gasteiger partial charge in [0.15, 0.2) is 11.5 Å². The Morgan fingerprint density at radius 2 is 1.90 bits per heavy atom. The Labute approximate surface area is 126 Å². The maximum atomic E-state index is 11.9. The summed E-state index contributed by atoms with van der Waals surface area (Å²) >= 11 is 0. The van der Waals surface area contributed by atoms with Gasteiger partial charge in [0.1, 0.15) is 13.2 Å². The fourth-order valence-electron chi connectivity index (χ4n) is 2.33. The van der Waals surface area contributed by atoms with Gasteiger partial charge >= 0.3 is 0 Å². The molecule has 1 aliphatic rings. The smallest absolute Gasteiger partial charge is 0.220 e. The molecular formula is C17H25NO3. The first kappa shape index (κ1) is 15.7. The third kappa shape index (κ3) is 4.66. The van der Waals surface area contributed by atoms with Gasteiger partial charge in [-0.25, -0.2) is 0 Å². The molecule has 0 spiro atoms. The van der Waals surface area contributed by atoms with Gasteiger partial charge in [0.2, 0.25) is 5.91 Å². The van der Waals surface area contributed by atoms with Crippen molar-refractivity contribution in [3.05, 3.63) is 23.8 Å². The van der Waals surface area contributed by atoms with Gasteiger partial charge in [0.25, 0.3) is 0 Å². The average molecular weight is 291 g/mol. The van der Waals surface area contributed by atoms with E-state index < -0.39 is 0 Å². The fraction of sp³-hybridized carbons (Fsp3) is 0.588. The number of hydrogen-bond acceptors (Lipinski definition) is 3. The van der Waals surface area contributed by atoms with Gasteiger partial charge in [-0.15, -0.1) is 0 Å². The summed E-state index contributed by atoms with van der Waals surface area (Å²) in [7, 11) is 0. The molecular weight excluding hydrogens is 266 g/mol. The van der Waals surface area contributed by atoms with Crippen LogP contribution in [0.1, 0.15) is 45.1 Å². The molecule has 21 heavy (non-hydrogen) atoms. The molecule has 0 fully saturated rings. The maximum absolute atomic E-state index is 11.9. The number of ether oxygens (including phenoxy) is 2. The van der Waals surface area contributed by atoms with E-state index in [0.29, 0.717) is 25.6 Å². The van der Waals surface area contributed by atoms with Crippen LogP contribution in [0.2, 0.25) is 0 Å². The number of amides is 1. The number of carbonyl (C=O) groups is 1. The molecule has 1 aliphatic heterocycles. The molecule has 1 unspecified atom stereocenters. The Bertz CT molecular complexity index is 485. The van der Waals surface area contributed by atoms with E-state index in [9.17, 15) is 4.79 Å². The molecule has 0 saturated carbocycles. The number of carbonyl (C=O) groups excluding carboxylic acids is 1. The zero-order valence-electron chi connectivity index (χ0n) is 13.1. The number of nitrogens with one attached hydrogen (secondary N) is 1. The Kier molecular flexibility index (Phi) is 5.48. The molecule has 1 aromatic rings. The zero-order chi connectivity index (χ0) is 15.2. The summed E-state index contributed by atoms with van der Waals surface area (Å²) in [6.07, 6.45) is 1.52. The van der Waals surface area contributed by atoms with E-state index in [4.69, 9.17) is 9.47 Å². The van der Waals surface area contributed by atoms with E-state index >= 15 is 0 Å². The predicted octanol–water partition coefficient (Wildman–Crippen LogP) is 3.11. The van der Waals surface area contributed by atoms with E-state index in [-0.39, 0.29) is 11.8 Å². The highest BCUT2D eigenvalue weighted by atomic mass is 16.6. The van der Waals surface area contributed by atoms with Crippen molar-refractivity contribution in [2.24, 2.45) is 5.92 Å². The first-order valence-corrected chi connectivity index (χ1v) is 7.72. The molecule has 0 aromatic heterocycles. The second-order valence-electron chi connectivity index (χ2n) is 6.04. The molecule has 1 heterocycles. The fourth-order valence-corrected chi connectivity index (χ4v) is 2.33. The largest absolute Gasteiger partial charge is 0.486 e. The molecule has 0 aliphatic carbocycles. The Balaban J connectivity index is 1.88. The normalized spacial score (nSPS) is 14.9. The standard InChI is InChI=1S/C17H25NO3/c1-12(2)6-7-18-17(19)10-13(3)14-4-5-15-16(11-14)21-9-8-20-15/h4-5,11-13H,6-10H2,1-3H3,(H,18,19). The minimum Gasteiger partial charge on any atom is -0.486 e. The molecule has 1 N–H and O–H groups in total. The van der Waals surface area contributed by atoms with Crippen molar-refractivity contribution in [2.45, 2.75) is 39.5 Å². The summed E-state index contributed by atoms with van der Waals surface area (Å²) in [5.74, 6) is 2.46. The number of hydrogen-bond donors (Lipinski definition) is 1. The number of rotatable bonds is 6. The lowest BCUT2D eigenvalue weighted by molar-refractivity contribution is -0.121. The lowest BCUT2D eigenvalue weighted by Gasteiger charge is -2.20. The van der Waals surface area contributed by atoms with Crippen LogP contribution in [-0.4, -0.2) is 25.7 Å². The van der Waals surface area contributed by atoms with Crippen LogP contribution in [0, 0.1) is 5.92 Å². The van der Waals surface area contributed by atoms with Crippen molar-refractivity contribution in [3.8, 4) is 11.5 Å². The minimum atomic E-state index is 0.109. The Hall–Kier alpha value is -1.71. The number of benzene rings is 1. The first-order valence-electron chi connectivity index (χ1n) is 7.72. The molecule has 1 aromatic carbocycles. The summed E-state index contributed by atoms with van der Waals surface area (Å²) in [5, 5.41) is 2.98. The monoisotopic (exact) mass is 291 g/mol. The minimum absolute atomic E-state index is 0.109. The predicted molar refractivity (Wildman–Crippen MR) is 82.9 cm³/mol. The third-order valence-corrected chi connectivity index (χ3v) is 3.67. The molecule has 4 nitrogen and oxygen atoms in total. The maximum Gasteiger partial charge on any atom is 0.220 e. The second-order valence-corrected chi connectivity index (χ2v) is 6.04. The third-order valence-electron chi connectivity index (χ3n) is 3.67. The summed E-state index contributed by atoms with van der Waals surface area (Å²) in [6.45, 7) is 8.31. The van der Waals surface area contributed by atoms with E-state index in [1.165, 1.54) is 0 Å². The topological polar surface area (TPSA) is 47.6 Å². The summed E-state index contributed by atoms with van der Waals surface area (Å²) in [6, 6.07) is 5.93. The summed E-state index contributed by atoms with van der Waals surface area (Å²) in [4.78, 5) is 11.9. The zero-order valence-corrected chi connectivity index (χ0v) is 13.1. The molecule has 4 heteroatoms. The van der Waals surface area contributed by atoms with Crippen LogP contribution in [0.3, 0.4) is 0 Å². The molecule has 1 atom stereocenters. The van der Waals surface area contributed by atoms with Crippen LogP contribution in [0.5, 0.6) is 11.5 Å². The van der Waals surface area contributed by atoms with Crippen LogP contribution in [-0.2, 0) is 4.79 Å². The van der Waals surface area contributed by atoms with Crippen LogP contribution in [0.15, 0.2) is 18.2 Å². The SMILES string of the molecule is CC(C)CCNC(=O)CC(C)c1ccc2c(c1)OCCO2. The van der Waals surface area contributed by atoms with Gasteiger partial charge in [0.05, 0.1) is 0 Å². The summed E-state index contributed by atoms with van der Waals surface area (Å²) in [5.41, 5.74) is 1.11. The highest BCUT2D eigenvalue weighted by Gasteiger charge is 2.16. The Morgan fingerprint density at radius 1 is 1.19 bits per heavy atom. The Morgan fingerprint density at radius 3 is 2.62 bits per heavy atom. The van der Waals surface area contributed by atoms with Crippen molar-refractivity contribution in [1.29, 1.82) is 0 Å². The lowest BCUT2D eigenvalue weighted by Crippen LogP contribution is -2.26. The van der Waals surface area contributed by atoms with Crippen LogP contribution < -0.4 is 14.8 Å². The molecule has 0 radical (unpaired) electrons. The van der Waals surface area contributed by atoms with E-state index in [1.54, 1.807) is 0 Å². The van der Waals surface area contributed by atoms with Crippen molar-refractivity contribution in [1.82, 2.24) is 5.32 Å². The average Bonchev–Trinajstić information content (AvgIpc) is 2.46. The van der Waals surface area contributed by atoms with E-state index in [1.807, 2.05) is 18.2 Å². The molecule has 0 bridgehead atoms. The van der Waals surface area contributed by atoms with Gasteiger partial charge in [-0.2, -0.15) is 0 Å². The van der Waals surface area contributed by atoms with E-state index in [2.05, 4.69) is 26.1 Å². The van der Waals surface area contributed by atoms with Gasteiger partial charge in [-0.3, -0.25) is 4.79 Å². The molecule has 2 rings (SSSR count). The quantitative estimate of drug-likeness (QED) is 0.876. The van der Waals surface area contributed by atoms with Crippen molar-refractivity contribution >= 4 is 5.91 Å². The van der Waals surface area contributed by atoms with Gasteiger partial charge in [-0.05, 0) is 36.0 Å². The van der Waals surface area contributed by atoms with Crippen molar-refractivity contribution < 1.29 is 14.3 Å². The highest BCUT2D eigenvalue weighted by molar-refractivity contribution is 5.76. The highest BCUT2D eigenvalue weighted by Crippen LogP contribution is 2.33. The van der Waals surface area contributed by atoms with Crippen LogP contribution in [0.4, 0.5) is 0 Å². The molecule has 0 saturated heterocycles. The molecule has 1 amide bonds. The number of fused-ring (bicyclic) bond motifs is 1. The van der Waals surface area contributed by atoms with Gasteiger partial charge in [0, 0.05) is 13.0 Å². The lowest BCUT2D eigenvalue weighted by atomic mass is 9.97. The van der Waals surface area contributed by atoms with Gasteiger partial charge in [-0.1, -0.05) is 26.8 Å². The first-order chi connectivity index (χ1) is 10.1. The molecule has 116 valence electrons. The van der Waals surface area contributed by atoms with Crippen LogP contribution >= 0.6 is 0 Å². The van der Waals surface area contributed by atoms with Crippen molar-refractivity contribution in [3.63, 3.8) is 0 Å². The second kappa shape index (κ2) is 7.34. The van der Waals surface area contributed by atoms with Crippen LogP contribution in [0.25, 0.3) is 0 Å².